The van der Waals surface area contributed by atoms with Gasteiger partial charge in [0.25, 0.3) is 5.91 Å². The number of rotatable bonds is 6. The van der Waals surface area contributed by atoms with Crippen LogP contribution in [-0.2, 0) is 4.79 Å². The van der Waals surface area contributed by atoms with Crippen molar-refractivity contribution in [2.24, 2.45) is 0 Å². The normalized spacial score (nSPS) is 14.1. The van der Waals surface area contributed by atoms with Gasteiger partial charge in [-0.2, -0.15) is 0 Å². The molecule has 0 N–H and O–H groups in total. The minimum atomic E-state index is -0.0561. The number of aryl methyl sites for hydroxylation is 1. The van der Waals surface area contributed by atoms with E-state index in [1.165, 1.54) is 0 Å². The molecule has 2 aromatic carbocycles. The van der Waals surface area contributed by atoms with Crippen LogP contribution in [0.3, 0.4) is 0 Å². The van der Waals surface area contributed by atoms with E-state index in [9.17, 15) is 9.59 Å². The number of carbonyl (C=O) groups is 2. The quantitative estimate of drug-likeness (QED) is 0.784. The molecule has 3 rings (SSSR count). The van der Waals surface area contributed by atoms with Crippen molar-refractivity contribution in [3.63, 3.8) is 0 Å². The number of benzene rings is 2. The summed E-state index contributed by atoms with van der Waals surface area (Å²) in [6.45, 7) is 3.71. The zero-order chi connectivity index (χ0) is 19.2. The minimum Gasteiger partial charge on any atom is -0.492 e. The van der Waals surface area contributed by atoms with Crippen molar-refractivity contribution in [2.45, 2.75) is 26.2 Å². The molecular formula is C22H26N2O3. The second kappa shape index (κ2) is 8.71. The van der Waals surface area contributed by atoms with Gasteiger partial charge < -0.3 is 14.5 Å². The number of carbonyl (C=O) groups excluding carboxylic acids is 2. The number of anilines is 1. The highest BCUT2D eigenvalue weighted by Gasteiger charge is 2.20. The highest BCUT2D eigenvalue weighted by molar-refractivity contribution is 5.96. The predicted octanol–water partition coefficient (Wildman–Crippen LogP) is 3.66. The summed E-state index contributed by atoms with van der Waals surface area (Å²) in [7, 11) is 1.77. The lowest BCUT2D eigenvalue weighted by atomic mass is 10.1. The van der Waals surface area contributed by atoms with Crippen LogP contribution in [-0.4, -0.2) is 43.5 Å². The molecular weight excluding hydrogens is 340 g/mol. The van der Waals surface area contributed by atoms with Crippen molar-refractivity contribution in [1.29, 1.82) is 0 Å². The molecule has 2 amide bonds. The molecule has 0 bridgehead atoms. The molecule has 2 aromatic rings. The van der Waals surface area contributed by atoms with E-state index in [1.54, 1.807) is 29.0 Å². The largest absolute Gasteiger partial charge is 0.492 e. The second-order valence-electron chi connectivity index (χ2n) is 6.94. The fourth-order valence-electron chi connectivity index (χ4n) is 3.19. The molecule has 0 atom stereocenters. The third-order valence-corrected chi connectivity index (χ3v) is 4.78. The van der Waals surface area contributed by atoms with E-state index in [0.29, 0.717) is 25.1 Å². The van der Waals surface area contributed by atoms with Crippen molar-refractivity contribution < 1.29 is 14.3 Å². The highest BCUT2D eigenvalue weighted by atomic mass is 16.5. The van der Waals surface area contributed by atoms with Crippen LogP contribution in [0.5, 0.6) is 5.75 Å². The van der Waals surface area contributed by atoms with Gasteiger partial charge >= 0.3 is 0 Å². The molecule has 0 spiro atoms. The number of hydrogen-bond acceptors (Lipinski definition) is 3. The van der Waals surface area contributed by atoms with Gasteiger partial charge in [0.2, 0.25) is 5.91 Å². The summed E-state index contributed by atoms with van der Waals surface area (Å²) in [5, 5.41) is 0. The first-order valence-corrected chi connectivity index (χ1v) is 9.40. The van der Waals surface area contributed by atoms with Crippen molar-refractivity contribution >= 4 is 17.5 Å². The molecule has 0 aromatic heterocycles. The maximum absolute atomic E-state index is 12.6. The van der Waals surface area contributed by atoms with Crippen LogP contribution in [0.25, 0.3) is 0 Å². The number of amides is 2. The molecule has 0 aliphatic carbocycles. The molecule has 142 valence electrons. The van der Waals surface area contributed by atoms with Crippen LogP contribution in [0.15, 0.2) is 48.5 Å². The van der Waals surface area contributed by atoms with Crippen molar-refractivity contribution in [3.8, 4) is 5.75 Å². The SMILES string of the molecule is Cc1cccc(OCCN(C)C(=O)c2ccc(N3CCCCC3=O)cc2)c1. The lowest BCUT2D eigenvalue weighted by molar-refractivity contribution is -0.119. The molecule has 27 heavy (non-hydrogen) atoms. The Bertz CT molecular complexity index is 801. The number of nitrogens with zero attached hydrogens (tertiary/aromatic N) is 2. The fourth-order valence-corrected chi connectivity index (χ4v) is 3.19. The molecule has 5 nitrogen and oxygen atoms in total. The van der Waals surface area contributed by atoms with Crippen molar-refractivity contribution in [3.05, 3.63) is 59.7 Å². The zero-order valence-corrected chi connectivity index (χ0v) is 16.0. The number of likely N-dealkylation sites (N-methyl/N-ethyl adjacent to an activating group) is 1. The first-order valence-electron chi connectivity index (χ1n) is 9.40. The lowest BCUT2D eigenvalue weighted by Gasteiger charge is -2.27. The summed E-state index contributed by atoms with van der Waals surface area (Å²) in [6, 6.07) is 15.1. The van der Waals surface area contributed by atoms with Crippen LogP contribution < -0.4 is 9.64 Å². The molecule has 1 fully saturated rings. The Kier molecular flexibility index (Phi) is 6.12. The summed E-state index contributed by atoms with van der Waals surface area (Å²) < 4.78 is 5.72. The standard InChI is InChI=1S/C22H26N2O3/c1-17-6-5-7-20(16-17)27-15-14-23(2)22(26)18-9-11-19(12-10-18)24-13-4-3-8-21(24)25/h5-7,9-12,16H,3-4,8,13-15H2,1-2H3. The van der Waals surface area contributed by atoms with E-state index >= 15 is 0 Å². The number of piperidine rings is 1. The van der Waals surface area contributed by atoms with Gasteiger partial charge in [0, 0.05) is 31.3 Å². The monoisotopic (exact) mass is 366 g/mol. The molecule has 0 unspecified atom stereocenters. The third kappa shape index (κ3) is 4.88. The minimum absolute atomic E-state index is 0.0561. The fraction of sp³-hybridized carbons (Fsp3) is 0.364. The molecule has 1 aliphatic rings. The second-order valence-corrected chi connectivity index (χ2v) is 6.94. The van der Waals surface area contributed by atoms with Crippen LogP contribution in [0.2, 0.25) is 0 Å². The molecule has 0 radical (unpaired) electrons. The van der Waals surface area contributed by atoms with Crippen LogP contribution >= 0.6 is 0 Å². The van der Waals surface area contributed by atoms with Crippen LogP contribution in [0.4, 0.5) is 5.69 Å². The Morgan fingerprint density at radius 3 is 2.63 bits per heavy atom. The predicted molar refractivity (Wildman–Crippen MR) is 106 cm³/mol. The van der Waals surface area contributed by atoms with Crippen LogP contribution in [0.1, 0.15) is 35.2 Å². The summed E-state index contributed by atoms with van der Waals surface area (Å²) in [6.07, 6.45) is 2.59. The maximum Gasteiger partial charge on any atom is 0.253 e. The zero-order valence-electron chi connectivity index (χ0n) is 16.0. The van der Waals surface area contributed by atoms with Gasteiger partial charge in [0.1, 0.15) is 12.4 Å². The van der Waals surface area contributed by atoms with Gasteiger partial charge in [-0.1, -0.05) is 12.1 Å². The Balaban J connectivity index is 1.54. The Labute approximate surface area is 160 Å². The van der Waals surface area contributed by atoms with E-state index in [4.69, 9.17) is 4.74 Å². The molecule has 0 saturated carbocycles. The average Bonchev–Trinajstić information content (AvgIpc) is 2.68. The van der Waals surface area contributed by atoms with E-state index in [0.717, 1.165) is 36.4 Å². The molecule has 1 aliphatic heterocycles. The van der Waals surface area contributed by atoms with E-state index in [1.807, 2.05) is 43.3 Å². The van der Waals surface area contributed by atoms with E-state index in [2.05, 4.69) is 0 Å². The maximum atomic E-state index is 12.6. The summed E-state index contributed by atoms with van der Waals surface area (Å²) >= 11 is 0. The Morgan fingerprint density at radius 2 is 1.93 bits per heavy atom. The third-order valence-electron chi connectivity index (χ3n) is 4.78. The lowest BCUT2D eigenvalue weighted by Crippen LogP contribution is -2.35. The molecule has 5 heteroatoms. The topological polar surface area (TPSA) is 49.9 Å². The van der Waals surface area contributed by atoms with Gasteiger partial charge in [-0.3, -0.25) is 9.59 Å². The molecule has 1 saturated heterocycles. The average molecular weight is 366 g/mol. The Hall–Kier alpha value is -2.82. The smallest absolute Gasteiger partial charge is 0.253 e. The summed E-state index contributed by atoms with van der Waals surface area (Å²) in [5.74, 6) is 0.913. The van der Waals surface area contributed by atoms with Gasteiger partial charge in [-0.25, -0.2) is 0 Å². The first kappa shape index (κ1) is 19.0. The van der Waals surface area contributed by atoms with Gasteiger partial charge in [-0.15, -0.1) is 0 Å². The summed E-state index contributed by atoms with van der Waals surface area (Å²) in [5.41, 5.74) is 2.62. The number of hydrogen-bond donors (Lipinski definition) is 0. The Morgan fingerprint density at radius 1 is 1.15 bits per heavy atom. The molecule has 1 heterocycles. The van der Waals surface area contributed by atoms with Gasteiger partial charge in [-0.05, 0) is 61.7 Å². The van der Waals surface area contributed by atoms with Crippen molar-refractivity contribution in [2.75, 3.05) is 31.6 Å². The highest BCUT2D eigenvalue weighted by Crippen LogP contribution is 2.21. The van der Waals surface area contributed by atoms with E-state index in [-0.39, 0.29) is 11.8 Å². The summed E-state index contributed by atoms with van der Waals surface area (Å²) in [4.78, 5) is 28.1. The van der Waals surface area contributed by atoms with Gasteiger partial charge in [0.15, 0.2) is 0 Å². The van der Waals surface area contributed by atoms with Crippen molar-refractivity contribution in [1.82, 2.24) is 4.90 Å². The van der Waals surface area contributed by atoms with Crippen LogP contribution in [0, 0.1) is 6.92 Å². The van der Waals surface area contributed by atoms with E-state index < -0.39 is 0 Å². The number of ether oxygens (including phenoxy) is 1. The van der Waals surface area contributed by atoms with Gasteiger partial charge in [0.05, 0.1) is 6.54 Å². The first-order chi connectivity index (χ1) is 13.0.